The molecule has 0 aromatic heterocycles. The van der Waals surface area contributed by atoms with Gasteiger partial charge in [0.15, 0.2) is 0 Å². The molecule has 112 valence electrons. The van der Waals surface area contributed by atoms with E-state index in [0.29, 0.717) is 13.2 Å². The second-order valence-electron chi connectivity index (χ2n) is 4.06. The zero-order valence-electron chi connectivity index (χ0n) is 11.3. The average molecular weight is 304 g/mol. The molecule has 0 spiro atoms. The minimum Gasteiger partial charge on any atom is -0.383 e. The van der Waals surface area contributed by atoms with E-state index in [2.05, 4.69) is 0 Å². The van der Waals surface area contributed by atoms with Crippen molar-refractivity contribution in [2.24, 2.45) is 5.14 Å². The fourth-order valence-corrected chi connectivity index (χ4v) is 2.40. The van der Waals surface area contributed by atoms with E-state index in [1.54, 1.807) is 6.92 Å². The first kappa shape index (κ1) is 16.5. The highest BCUT2D eigenvalue weighted by Gasteiger charge is 2.23. The molecule has 0 atom stereocenters. The monoisotopic (exact) mass is 304 g/mol. The Labute approximate surface area is 117 Å². The molecule has 0 heterocycles. The summed E-state index contributed by atoms with van der Waals surface area (Å²) in [5.74, 6) is -1.31. The van der Waals surface area contributed by atoms with Crippen LogP contribution < -0.4 is 5.14 Å². The number of rotatable bonds is 6. The normalized spacial score (nSPS) is 11.4. The van der Waals surface area contributed by atoms with Crippen molar-refractivity contribution < 1.29 is 22.3 Å². The lowest BCUT2D eigenvalue weighted by molar-refractivity contribution is 0.0702. The molecular weight excluding hydrogens is 287 g/mol. The van der Waals surface area contributed by atoms with Gasteiger partial charge < -0.3 is 9.64 Å². The van der Waals surface area contributed by atoms with Crippen LogP contribution in [0.2, 0.25) is 0 Å². The molecule has 20 heavy (non-hydrogen) atoms. The molecule has 0 unspecified atom stereocenters. The van der Waals surface area contributed by atoms with E-state index in [1.165, 1.54) is 12.0 Å². The van der Waals surface area contributed by atoms with E-state index >= 15 is 0 Å². The summed E-state index contributed by atoms with van der Waals surface area (Å²) in [6, 6.07) is 2.81. The molecule has 1 aromatic carbocycles. The van der Waals surface area contributed by atoms with Crippen molar-refractivity contribution in [2.45, 2.75) is 11.8 Å². The van der Waals surface area contributed by atoms with Crippen LogP contribution in [0.5, 0.6) is 0 Å². The summed E-state index contributed by atoms with van der Waals surface area (Å²) < 4.78 is 41.1. The maximum atomic E-state index is 13.3. The van der Waals surface area contributed by atoms with Gasteiger partial charge in [-0.15, -0.1) is 0 Å². The van der Waals surface area contributed by atoms with Crippen molar-refractivity contribution in [1.82, 2.24) is 4.90 Å². The van der Waals surface area contributed by atoms with Gasteiger partial charge in [0.2, 0.25) is 10.0 Å². The van der Waals surface area contributed by atoms with E-state index < -0.39 is 21.7 Å². The zero-order chi connectivity index (χ0) is 15.3. The van der Waals surface area contributed by atoms with Gasteiger partial charge in [-0.1, -0.05) is 0 Å². The summed E-state index contributed by atoms with van der Waals surface area (Å²) in [4.78, 5) is 13.3. The molecule has 1 aromatic rings. The number of likely N-dealkylation sites (N-methyl/N-ethyl adjacent to an activating group) is 1. The quantitative estimate of drug-likeness (QED) is 0.832. The summed E-state index contributed by atoms with van der Waals surface area (Å²) in [6.07, 6.45) is 0. The van der Waals surface area contributed by atoms with Gasteiger partial charge in [-0.3, -0.25) is 4.79 Å². The Balaban J connectivity index is 3.23. The lowest BCUT2D eigenvalue weighted by atomic mass is 10.2. The molecule has 0 aliphatic carbocycles. The van der Waals surface area contributed by atoms with E-state index in [0.717, 1.165) is 18.2 Å². The number of carbonyl (C=O) groups excluding carboxylic acids is 1. The maximum Gasteiger partial charge on any atom is 0.255 e. The number of carbonyl (C=O) groups is 1. The topological polar surface area (TPSA) is 89.7 Å². The number of ether oxygens (including phenoxy) is 1. The third-order valence-electron chi connectivity index (χ3n) is 2.71. The van der Waals surface area contributed by atoms with Crippen molar-refractivity contribution in [2.75, 3.05) is 26.8 Å². The van der Waals surface area contributed by atoms with Crippen LogP contribution in [0, 0.1) is 5.82 Å². The van der Waals surface area contributed by atoms with Crippen LogP contribution in [0.25, 0.3) is 0 Å². The second kappa shape index (κ2) is 6.78. The Morgan fingerprint density at radius 3 is 2.60 bits per heavy atom. The SMILES string of the molecule is CCN(CCOC)C(=O)c1cc(F)ccc1S(N)(=O)=O. The molecule has 0 aliphatic rings. The first-order chi connectivity index (χ1) is 9.31. The van der Waals surface area contributed by atoms with Gasteiger partial charge in [-0.25, -0.2) is 17.9 Å². The fraction of sp³-hybridized carbons (Fsp3) is 0.417. The smallest absolute Gasteiger partial charge is 0.255 e. The molecule has 1 amide bonds. The molecule has 0 fully saturated rings. The Hall–Kier alpha value is -1.51. The summed E-state index contributed by atoms with van der Waals surface area (Å²) in [7, 11) is -2.62. The Kier molecular flexibility index (Phi) is 5.61. The number of methoxy groups -OCH3 is 1. The predicted molar refractivity (Wildman–Crippen MR) is 71.2 cm³/mol. The Bertz CT molecular complexity index is 589. The molecule has 0 bridgehead atoms. The number of halogens is 1. The summed E-state index contributed by atoms with van der Waals surface area (Å²) in [5, 5.41) is 5.04. The van der Waals surface area contributed by atoms with Gasteiger partial charge >= 0.3 is 0 Å². The van der Waals surface area contributed by atoms with Gasteiger partial charge in [0.25, 0.3) is 5.91 Å². The second-order valence-corrected chi connectivity index (χ2v) is 5.59. The van der Waals surface area contributed by atoms with Crippen LogP contribution >= 0.6 is 0 Å². The summed E-state index contributed by atoms with van der Waals surface area (Å²) in [6.45, 7) is 2.62. The van der Waals surface area contributed by atoms with Gasteiger partial charge in [0.1, 0.15) is 5.82 Å². The van der Waals surface area contributed by atoms with Gasteiger partial charge in [-0.05, 0) is 25.1 Å². The fourth-order valence-electron chi connectivity index (χ4n) is 1.69. The lowest BCUT2D eigenvalue weighted by Crippen LogP contribution is -2.35. The molecule has 0 radical (unpaired) electrons. The van der Waals surface area contributed by atoms with E-state index in [9.17, 15) is 17.6 Å². The Morgan fingerprint density at radius 2 is 2.10 bits per heavy atom. The lowest BCUT2D eigenvalue weighted by Gasteiger charge is -2.21. The zero-order valence-corrected chi connectivity index (χ0v) is 12.1. The molecule has 1 rings (SSSR count). The van der Waals surface area contributed by atoms with Crippen LogP contribution in [-0.2, 0) is 14.8 Å². The third kappa shape index (κ3) is 3.99. The first-order valence-corrected chi connectivity index (χ1v) is 7.46. The van der Waals surface area contributed by atoms with E-state index in [-0.39, 0.29) is 17.0 Å². The molecule has 0 saturated heterocycles. The Morgan fingerprint density at radius 1 is 1.45 bits per heavy atom. The van der Waals surface area contributed by atoms with Crippen molar-refractivity contribution in [3.63, 3.8) is 0 Å². The maximum absolute atomic E-state index is 13.3. The van der Waals surface area contributed by atoms with Crippen LogP contribution in [0.1, 0.15) is 17.3 Å². The molecule has 0 aliphatic heterocycles. The van der Waals surface area contributed by atoms with Crippen molar-refractivity contribution in [3.8, 4) is 0 Å². The molecule has 6 nitrogen and oxygen atoms in total. The van der Waals surface area contributed by atoms with Crippen LogP contribution in [0.15, 0.2) is 23.1 Å². The number of hydrogen-bond acceptors (Lipinski definition) is 4. The van der Waals surface area contributed by atoms with Crippen molar-refractivity contribution >= 4 is 15.9 Å². The molecule has 0 saturated carbocycles. The third-order valence-corrected chi connectivity index (χ3v) is 3.68. The number of amides is 1. The minimum atomic E-state index is -4.10. The van der Waals surface area contributed by atoms with Gasteiger partial charge in [0, 0.05) is 20.2 Å². The molecular formula is C12H17FN2O4S. The number of sulfonamides is 1. The summed E-state index contributed by atoms with van der Waals surface area (Å²) >= 11 is 0. The number of nitrogens with two attached hydrogens (primary N) is 1. The van der Waals surface area contributed by atoms with Gasteiger partial charge in [-0.2, -0.15) is 0 Å². The highest BCUT2D eigenvalue weighted by molar-refractivity contribution is 7.89. The first-order valence-electron chi connectivity index (χ1n) is 5.91. The highest BCUT2D eigenvalue weighted by atomic mass is 32.2. The van der Waals surface area contributed by atoms with Crippen LogP contribution in [0.4, 0.5) is 4.39 Å². The van der Waals surface area contributed by atoms with Gasteiger partial charge in [0.05, 0.1) is 17.1 Å². The number of hydrogen-bond donors (Lipinski definition) is 1. The molecule has 8 heteroatoms. The minimum absolute atomic E-state index is 0.270. The average Bonchev–Trinajstić information content (AvgIpc) is 2.37. The number of benzene rings is 1. The standard InChI is InChI=1S/C12H17FN2O4S/c1-3-15(6-7-19-2)12(16)10-8-9(13)4-5-11(10)20(14,17)18/h4-5,8H,3,6-7H2,1-2H3,(H2,14,17,18). The number of nitrogens with zero attached hydrogens (tertiary/aromatic N) is 1. The van der Waals surface area contributed by atoms with Crippen LogP contribution in [-0.4, -0.2) is 46.0 Å². The molecule has 2 N–H and O–H groups in total. The predicted octanol–water partition coefficient (Wildman–Crippen LogP) is 0.582. The van der Waals surface area contributed by atoms with Crippen molar-refractivity contribution in [3.05, 3.63) is 29.6 Å². The number of primary sulfonamides is 1. The van der Waals surface area contributed by atoms with Crippen molar-refractivity contribution in [1.29, 1.82) is 0 Å². The largest absolute Gasteiger partial charge is 0.383 e. The van der Waals surface area contributed by atoms with Crippen LogP contribution in [0.3, 0.4) is 0 Å². The highest BCUT2D eigenvalue weighted by Crippen LogP contribution is 2.18. The summed E-state index contributed by atoms with van der Waals surface area (Å²) in [5.41, 5.74) is -0.273. The van der Waals surface area contributed by atoms with E-state index in [1.807, 2.05) is 0 Å². The van der Waals surface area contributed by atoms with E-state index in [4.69, 9.17) is 9.88 Å².